The van der Waals surface area contributed by atoms with E-state index in [0.717, 1.165) is 170 Å². The van der Waals surface area contributed by atoms with Crippen LogP contribution in [0.2, 0.25) is 58.9 Å². The van der Waals surface area contributed by atoms with Gasteiger partial charge in [-0.25, -0.2) is 64.5 Å². The first kappa shape index (κ1) is 89.8. The Morgan fingerprint density at radius 1 is 0.483 bits per heavy atom. The normalized spacial score (nSPS) is 10.7. The standard InChI is InChI=1S/C22H20N8.2C18H21N5Si.C13H12BrN5.C7H7N3.C5H10Si.CH4.Cu.HI/c1-2-16-9-19(27-22(23)26-16)18-11-25-21-17(18)8-15(10-24-21)20-13-30(29-28-20)12-14-6-4-3-5-7-14;2*1-5-13-9-16(23-18(19)22-13)15-11-21-17-14(15)8-12(10-20-17)6-7-24(2,3)4;1-2-8-4-11(19-13(15)18-8)10-6-17-12-9(10)3-7(14)5-16-12;8-10-9-6-7-4-2-1-3-5-7;1-5-6(2,3)4;;;/h3-11,13H,2,12H2,1H3,(H,24,25)(H2,23,26,27);2*8-11H,5H2,1-4H3,(H,20,21)(H2,19,22,23);3-6H,2H2,1H3,(H,16,17)(H2,15,18,19);1-5H,6H2;1H,2-4H3;1H4;;1H/q;;;;;;;+1;/p-1. The van der Waals surface area contributed by atoms with Crippen LogP contribution in [-0.4, -0.2) is 119 Å². The molecular weight excluding hydrogens is 1730 g/mol. The van der Waals surface area contributed by atoms with Crippen LogP contribution in [-0.2, 0) is 51.5 Å². The summed E-state index contributed by atoms with van der Waals surface area (Å²) in [5.74, 6) is 7.67. The van der Waals surface area contributed by atoms with Crippen LogP contribution in [0.3, 0.4) is 0 Å². The van der Waals surface area contributed by atoms with E-state index >= 15 is 0 Å². The summed E-state index contributed by atoms with van der Waals surface area (Å²) in [5.41, 5.74) is 60.5. The van der Waals surface area contributed by atoms with Crippen molar-refractivity contribution in [2.75, 3.05) is 22.9 Å². The number of aryl methyl sites for hydroxylation is 4. The van der Waals surface area contributed by atoms with E-state index in [1.165, 1.54) is 5.56 Å². The van der Waals surface area contributed by atoms with Gasteiger partial charge in [0.15, 0.2) is 0 Å². The molecule has 12 N–H and O–H groups in total. The first-order chi connectivity index (χ1) is 55.1. The van der Waals surface area contributed by atoms with Gasteiger partial charge in [-0.05, 0) is 107 Å². The van der Waals surface area contributed by atoms with Gasteiger partial charge in [0.05, 0.1) is 42.1 Å². The summed E-state index contributed by atoms with van der Waals surface area (Å²) in [6.45, 7) is 29.1. The fourth-order valence-corrected chi connectivity index (χ4v) is 12.3. The molecule has 598 valence electrons. The Kier molecular flexibility index (Phi) is 32.5. The number of pyridine rings is 4. The molecule has 0 aliphatic heterocycles. The molecule has 116 heavy (non-hydrogen) atoms. The van der Waals surface area contributed by atoms with E-state index in [2.05, 4.69) is 247 Å². The minimum absolute atomic E-state index is 0. The van der Waals surface area contributed by atoms with E-state index in [1.54, 1.807) is 32.7 Å². The number of halogens is 2. The first-order valence-corrected chi connectivity index (χ1v) is 51.1. The maximum Gasteiger partial charge on any atom is 0.0510 e. The number of hydrogen-bond donors (Lipinski definition) is 8. The molecule has 0 unspecified atom stereocenters. The summed E-state index contributed by atoms with van der Waals surface area (Å²) in [4.78, 5) is 67.6. The topological polar surface area (TPSA) is 401 Å². The van der Waals surface area contributed by atoms with Crippen molar-refractivity contribution in [3.8, 4) is 91.2 Å². The number of azide groups is 1. The van der Waals surface area contributed by atoms with Gasteiger partial charge in [-0.2, -0.15) is 0 Å². The van der Waals surface area contributed by atoms with Gasteiger partial charge in [-0.15, -0.1) is 28.2 Å². The summed E-state index contributed by atoms with van der Waals surface area (Å²) in [7, 11) is -3.95. The second kappa shape index (κ2) is 42.0. The fourth-order valence-electron chi connectivity index (χ4n) is 11.0. The molecule has 13 aromatic heterocycles. The Hall–Kier alpha value is -11.8. The molecule has 26 nitrogen and oxygen atoms in total. The average molecular weight is 1820 g/mol. The average Bonchev–Trinajstić information content (AvgIpc) is 1.68. The Labute approximate surface area is 707 Å². The second-order valence-corrected chi connectivity index (χ2v) is 44.3. The zero-order chi connectivity index (χ0) is 83.0. The minimum atomic E-state index is -1.42. The van der Waals surface area contributed by atoms with Gasteiger partial charge in [0.1, 0.15) is 52.5 Å². The first-order valence-electron chi connectivity index (χ1n) is 36.8. The number of rotatable bonds is 13. The van der Waals surface area contributed by atoms with Gasteiger partial charge in [-0.1, -0.05) is 177 Å². The van der Waals surface area contributed by atoms with Crippen LogP contribution in [0.4, 0.5) is 23.8 Å². The van der Waals surface area contributed by atoms with E-state index < -0.39 is 24.2 Å². The molecule has 0 amide bonds. The number of nitrogens with two attached hydrogens (primary N) is 4. The van der Waals surface area contributed by atoms with E-state index in [4.69, 9.17) is 34.9 Å². The summed E-state index contributed by atoms with van der Waals surface area (Å²) in [6, 6.07) is 35.8. The number of hydrogen-bond acceptors (Lipinski definition) is 19. The van der Waals surface area contributed by atoms with Gasteiger partial charge in [0.25, 0.3) is 0 Å². The van der Waals surface area contributed by atoms with Crippen LogP contribution in [0.25, 0.3) is 111 Å². The molecule has 0 aliphatic rings. The molecule has 15 aromatic rings. The number of aromatic amines is 4. The van der Waals surface area contributed by atoms with Gasteiger partial charge in [0.2, 0.25) is 23.8 Å². The van der Waals surface area contributed by atoms with E-state index in [-0.39, 0.29) is 13.4 Å². The number of nitrogens with zero attached hydrogens (tertiary/aromatic N) is 18. The molecule has 0 saturated heterocycles. The molecule has 0 aliphatic carbocycles. The number of nitrogen functional groups attached to an aromatic ring is 4. The van der Waals surface area contributed by atoms with E-state index in [1.807, 2.05) is 155 Å². The Bertz CT molecular complexity index is 5890. The number of nitrogens with one attached hydrogen (secondary N) is 4. The van der Waals surface area contributed by atoms with Crippen LogP contribution in [0.5, 0.6) is 0 Å². The Morgan fingerprint density at radius 3 is 1.18 bits per heavy atom. The molecule has 32 heteroatoms. The van der Waals surface area contributed by atoms with Crippen molar-refractivity contribution in [3.63, 3.8) is 0 Å². The van der Waals surface area contributed by atoms with Crippen LogP contribution in [0, 0.1) is 34.9 Å². The molecule has 13 heterocycles. The van der Waals surface area contributed by atoms with Gasteiger partial charge in [-0.3, -0.25) is 0 Å². The van der Waals surface area contributed by atoms with Gasteiger partial charge in [0, 0.05) is 142 Å². The Morgan fingerprint density at radius 2 is 0.828 bits per heavy atom. The maximum absolute atomic E-state index is 7.99. The smallest absolute Gasteiger partial charge is 0.0510 e. The van der Waals surface area contributed by atoms with Crippen LogP contribution in [0.15, 0.2) is 175 Å². The molecule has 2 aromatic carbocycles. The number of terminal acetylenes is 1. The van der Waals surface area contributed by atoms with Crippen molar-refractivity contribution < 1.29 is 12.8 Å². The van der Waals surface area contributed by atoms with Crippen LogP contribution in [0.1, 0.15) is 80.2 Å². The predicted octanol–water partition coefficient (Wildman–Crippen LogP) is 18.7. The van der Waals surface area contributed by atoms with Crippen molar-refractivity contribution in [1.29, 1.82) is 0 Å². The van der Waals surface area contributed by atoms with Gasteiger partial charge < -0.3 is 42.9 Å². The largest absolute Gasteiger partial charge is 0.0893 e. The number of anilines is 4. The quantitative estimate of drug-likeness (QED) is 0.0133. The molecule has 15 rings (SSSR count). The zero-order valence-electron chi connectivity index (χ0n) is 66.3. The molecule has 0 radical (unpaired) electrons. The monoisotopic (exact) mass is 1820 g/mol. The summed E-state index contributed by atoms with van der Waals surface area (Å²) in [6.07, 6.45) is 25.1. The molecule has 0 atom stereocenters. The van der Waals surface area contributed by atoms with Crippen molar-refractivity contribution in [3.05, 3.63) is 225 Å². The minimum Gasteiger partial charge on any atom is -0.0893 e. The number of H-pyrrole nitrogens is 4. The molecule has 0 bridgehead atoms. The van der Waals surface area contributed by atoms with Crippen molar-refractivity contribution >= 4 is 128 Å². The zero-order valence-corrected chi connectivity index (χ0v) is 74.0. The fraction of sp³-hybridized carbons (Fsp3) is 0.238. The van der Waals surface area contributed by atoms with E-state index in [0.29, 0.717) is 30.9 Å². The number of aromatic nitrogens is 19. The Balaban J connectivity index is 0.000000181. The molecular formula is C84H95BrCuIN26Si3. The molecule has 0 spiro atoms. The SMILES string of the molecule is C.C#C[Si](C)(C)C.CCc1cc(-c2c[nH]c3ncc(-c4cn(Cc5ccccc5)nn4)cc23)nc(N)n1.CCc1cc(-c2c[nH]c3ncc(Br)cc23)nc(N)n1.CCc1cc(-c2c[nH]c3ncc(C#C[Si](C)(C)C)cc23)nc(N)n1.CCc1cc(-c2c[nH]c3ncc(C#C[Si](C)(C)C)cc23)nc(N)n1.[Cu][I].[N-]=[N+]=NCc1ccccc1. The summed E-state index contributed by atoms with van der Waals surface area (Å²) < 4.78 is 2.75. The third-order valence-electron chi connectivity index (χ3n) is 16.6. The summed E-state index contributed by atoms with van der Waals surface area (Å²) in [5, 5.41) is 16.0. The molecule has 0 fully saturated rings. The summed E-state index contributed by atoms with van der Waals surface area (Å²) >= 11 is 9.30. The number of benzene rings is 2. The van der Waals surface area contributed by atoms with Crippen LogP contribution < -0.4 is 22.9 Å². The van der Waals surface area contributed by atoms with Crippen LogP contribution >= 0.6 is 36.3 Å². The molecule has 0 saturated carbocycles. The van der Waals surface area contributed by atoms with Crippen molar-refractivity contribution in [1.82, 2.24) is 94.7 Å². The predicted molar refractivity (Wildman–Crippen MR) is 489 cm³/mol. The maximum atomic E-state index is 7.99. The third kappa shape index (κ3) is 26.1. The van der Waals surface area contributed by atoms with E-state index in [9.17, 15) is 0 Å². The third-order valence-corrected chi connectivity index (χ3v) is 19.7. The van der Waals surface area contributed by atoms with Gasteiger partial charge >= 0.3 is 33.1 Å². The number of fused-ring (bicyclic) bond motifs is 4. The van der Waals surface area contributed by atoms with Crippen molar-refractivity contribution in [2.45, 2.75) is 133 Å². The van der Waals surface area contributed by atoms with Crippen molar-refractivity contribution in [2.24, 2.45) is 5.11 Å². The second-order valence-electron chi connectivity index (χ2n) is 29.1.